The van der Waals surface area contributed by atoms with Gasteiger partial charge in [0, 0.05) is 18.4 Å². The Hall–Kier alpha value is -0.860. The van der Waals surface area contributed by atoms with Crippen LogP contribution >= 0.6 is 0 Å². The third-order valence-corrected chi connectivity index (χ3v) is 5.92. The minimum Gasteiger partial charge on any atom is -0.331 e. The number of rotatable bonds is 15. The summed E-state index contributed by atoms with van der Waals surface area (Å²) < 4.78 is 2.18. The zero-order chi connectivity index (χ0) is 20.2. The van der Waals surface area contributed by atoms with E-state index in [1.165, 1.54) is 82.9 Å². The second kappa shape index (κ2) is 12.6. The molecule has 1 aromatic rings. The van der Waals surface area contributed by atoms with Gasteiger partial charge in [-0.3, -0.25) is 0 Å². The largest absolute Gasteiger partial charge is 0.331 e. The number of nitrogens with zero attached hydrogens (tertiary/aromatic N) is 2. The van der Waals surface area contributed by atoms with Crippen molar-refractivity contribution in [3.05, 3.63) is 35.9 Å². The summed E-state index contributed by atoms with van der Waals surface area (Å²) in [6.45, 7) is 4.80. The second-order valence-electron chi connectivity index (χ2n) is 10.1. The van der Waals surface area contributed by atoms with E-state index in [1.54, 1.807) is 0 Å². The summed E-state index contributed by atoms with van der Waals surface area (Å²) >= 11 is 0. The predicted octanol–water partition coefficient (Wildman–Crippen LogP) is 6.43. The molecular weight excluding hydrogens is 328 g/mol. The van der Waals surface area contributed by atoms with Crippen molar-refractivity contribution in [2.75, 3.05) is 48.3 Å². The lowest BCUT2D eigenvalue weighted by Gasteiger charge is -2.39. The highest BCUT2D eigenvalue weighted by atomic mass is 15.3. The maximum absolute atomic E-state index is 2.44. The molecule has 0 aliphatic carbocycles. The fourth-order valence-corrected chi connectivity index (χ4v) is 4.17. The Morgan fingerprint density at radius 1 is 0.667 bits per heavy atom. The van der Waals surface area contributed by atoms with E-state index in [0.717, 1.165) is 8.97 Å². The van der Waals surface area contributed by atoms with Crippen LogP contribution in [-0.2, 0) is 0 Å². The first-order chi connectivity index (χ1) is 12.8. The molecule has 0 spiro atoms. The average Bonchev–Trinajstić information content (AvgIpc) is 2.59. The molecule has 2 heteroatoms. The normalized spacial score (nSPS) is 13.7. The van der Waals surface area contributed by atoms with Crippen molar-refractivity contribution in [2.24, 2.45) is 0 Å². The van der Waals surface area contributed by atoms with Gasteiger partial charge in [-0.25, -0.2) is 0 Å². The van der Waals surface area contributed by atoms with Gasteiger partial charge in [-0.2, -0.15) is 0 Å². The molecule has 0 N–H and O–H groups in total. The molecular formula is C25H48N2+2. The molecule has 0 aromatic heterocycles. The van der Waals surface area contributed by atoms with Gasteiger partial charge >= 0.3 is 0 Å². The smallest absolute Gasteiger partial charge is 0.114 e. The Labute approximate surface area is 170 Å². The Morgan fingerprint density at radius 3 is 1.78 bits per heavy atom. The van der Waals surface area contributed by atoms with Crippen LogP contribution in [0.2, 0.25) is 0 Å². The van der Waals surface area contributed by atoms with E-state index in [2.05, 4.69) is 72.5 Å². The van der Waals surface area contributed by atoms with Gasteiger partial charge in [0.15, 0.2) is 0 Å². The summed E-state index contributed by atoms with van der Waals surface area (Å²) in [5.41, 5.74) is 1.52. The Morgan fingerprint density at radius 2 is 1.22 bits per heavy atom. The van der Waals surface area contributed by atoms with E-state index in [1.807, 2.05) is 0 Å². The summed E-state index contributed by atoms with van der Waals surface area (Å²) in [6.07, 6.45) is 13.8. The molecule has 0 saturated carbocycles. The molecule has 0 heterocycles. The molecule has 0 saturated heterocycles. The standard InChI is InChI=1S/C25H48N2/c1-7-8-9-10-11-12-13-17-21-25(24-19-15-14-16-20-24)27(5,6)23-18-22-26(2,3)4/h14-16,19-20,25H,7-13,17-18,21-23H2,1-6H3/q+2. The van der Waals surface area contributed by atoms with Crippen LogP contribution in [0.3, 0.4) is 0 Å². The van der Waals surface area contributed by atoms with Gasteiger partial charge in [0.1, 0.15) is 6.04 Å². The molecule has 0 aliphatic heterocycles. The van der Waals surface area contributed by atoms with Crippen LogP contribution < -0.4 is 0 Å². The van der Waals surface area contributed by atoms with Crippen molar-refractivity contribution in [3.63, 3.8) is 0 Å². The molecule has 0 aliphatic rings. The van der Waals surface area contributed by atoms with Gasteiger partial charge < -0.3 is 8.97 Å². The number of benzene rings is 1. The Bertz CT molecular complexity index is 473. The van der Waals surface area contributed by atoms with E-state index < -0.39 is 0 Å². The van der Waals surface area contributed by atoms with Crippen LogP contribution in [0, 0.1) is 0 Å². The molecule has 2 nitrogen and oxygen atoms in total. The Kier molecular flexibility index (Phi) is 11.3. The van der Waals surface area contributed by atoms with Crippen LogP contribution in [0.4, 0.5) is 0 Å². The monoisotopic (exact) mass is 376 g/mol. The fourth-order valence-electron chi connectivity index (χ4n) is 4.17. The summed E-state index contributed by atoms with van der Waals surface area (Å²) in [7, 11) is 11.8. The number of quaternary nitrogens is 2. The molecule has 1 aromatic carbocycles. The molecule has 0 amide bonds. The van der Waals surface area contributed by atoms with Crippen molar-refractivity contribution in [3.8, 4) is 0 Å². The molecule has 1 rings (SSSR count). The zero-order valence-corrected chi connectivity index (χ0v) is 19.3. The molecule has 1 atom stereocenters. The van der Waals surface area contributed by atoms with Crippen molar-refractivity contribution in [1.82, 2.24) is 0 Å². The zero-order valence-electron chi connectivity index (χ0n) is 19.3. The van der Waals surface area contributed by atoms with E-state index >= 15 is 0 Å². The van der Waals surface area contributed by atoms with E-state index in [-0.39, 0.29) is 0 Å². The first kappa shape index (κ1) is 24.2. The van der Waals surface area contributed by atoms with Gasteiger partial charge in [-0.05, 0) is 6.42 Å². The summed E-state index contributed by atoms with van der Waals surface area (Å²) in [5.74, 6) is 0. The van der Waals surface area contributed by atoms with Gasteiger partial charge in [0.05, 0.1) is 48.3 Å². The average molecular weight is 377 g/mol. The number of unbranched alkanes of at least 4 members (excludes halogenated alkanes) is 7. The molecule has 1 unspecified atom stereocenters. The lowest BCUT2D eigenvalue weighted by Crippen LogP contribution is -2.46. The summed E-state index contributed by atoms with van der Waals surface area (Å²) in [4.78, 5) is 0. The molecule has 156 valence electrons. The molecule has 27 heavy (non-hydrogen) atoms. The predicted molar refractivity (Wildman–Crippen MR) is 121 cm³/mol. The highest BCUT2D eigenvalue weighted by Gasteiger charge is 2.29. The van der Waals surface area contributed by atoms with Gasteiger partial charge in [-0.15, -0.1) is 0 Å². The summed E-state index contributed by atoms with van der Waals surface area (Å²) in [5, 5.41) is 0. The van der Waals surface area contributed by atoms with E-state index in [4.69, 9.17) is 0 Å². The van der Waals surface area contributed by atoms with Crippen LogP contribution in [0.25, 0.3) is 0 Å². The topological polar surface area (TPSA) is 0 Å². The van der Waals surface area contributed by atoms with Gasteiger partial charge in [0.25, 0.3) is 0 Å². The lowest BCUT2D eigenvalue weighted by atomic mass is 9.96. The highest BCUT2D eigenvalue weighted by Crippen LogP contribution is 2.31. The maximum atomic E-state index is 2.44. The fraction of sp³-hybridized carbons (Fsp3) is 0.760. The van der Waals surface area contributed by atoms with Crippen molar-refractivity contribution in [2.45, 2.75) is 77.2 Å². The summed E-state index contributed by atoms with van der Waals surface area (Å²) in [6, 6.07) is 11.9. The van der Waals surface area contributed by atoms with Crippen LogP contribution in [0.15, 0.2) is 30.3 Å². The van der Waals surface area contributed by atoms with Gasteiger partial charge in [-0.1, -0.05) is 82.2 Å². The van der Waals surface area contributed by atoms with Crippen molar-refractivity contribution in [1.29, 1.82) is 0 Å². The van der Waals surface area contributed by atoms with Crippen molar-refractivity contribution < 1.29 is 8.97 Å². The third kappa shape index (κ3) is 10.9. The number of hydrogen-bond acceptors (Lipinski definition) is 0. The van der Waals surface area contributed by atoms with E-state index in [0.29, 0.717) is 6.04 Å². The highest BCUT2D eigenvalue weighted by molar-refractivity contribution is 5.17. The Balaban J connectivity index is 2.53. The van der Waals surface area contributed by atoms with Crippen LogP contribution in [-0.4, -0.2) is 57.3 Å². The first-order valence-corrected chi connectivity index (χ1v) is 11.4. The van der Waals surface area contributed by atoms with Crippen molar-refractivity contribution >= 4 is 0 Å². The lowest BCUT2D eigenvalue weighted by molar-refractivity contribution is -0.927. The SMILES string of the molecule is CCCCCCCCCCC(c1ccccc1)[N+](C)(C)CCC[N+](C)(C)C. The first-order valence-electron chi connectivity index (χ1n) is 11.4. The van der Waals surface area contributed by atoms with Gasteiger partial charge in [0.2, 0.25) is 0 Å². The molecule has 0 radical (unpaired) electrons. The molecule has 0 bridgehead atoms. The number of hydrogen-bond donors (Lipinski definition) is 0. The van der Waals surface area contributed by atoms with Crippen LogP contribution in [0.5, 0.6) is 0 Å². The van der Waals surface area contributed by atoms with Crippen LogP contribution in [0.1, 0.15) is 82.7 Å². The second-order valence-corrected chi connectivity index (χ2v) is 10.1. The quantitative estimate of drug-likeness (QED) is 0.244. The minimum absolute atomic E-state index is 0.624. The minimum atomic E-state index is 0.624. The molecule has 0 fully saturated rings. The van der Waals surface area contributed by atoms with E-state index in [9.17, 15) is 0 Å². The maximum Gasteiger partial charge on any atom is 0.114 e. The third-order valence-electron chi connectivity index (χ3n) is 5.92.